The molecule has 27 heavy (non-hydrogen) atoms. The molecule has 1 fully saturated rings. The Morgan fingerprint density at radius 3 is 2.85 bits per heavy atom. The number of piperidine rings is 1. The van der Waals surface area contributed by atoms with Crippen molar-refractivity contribution in [3.63, 3.8) is 0 Å². The average Bonchev–Trinajstić information content (AvgIpc) is 3.16. The first-order valence-corrected chi connectivity index (χ1v) is 10.3. The minimum atomic E-state index is -0.279. The molecule has 1 aromatic heterocycles. The van der Waals surface area contributed by atoms with E-state index in [9.17, 15) is 14.0 Å². The number of nitrogens with zero attached hydrogens (tertiary/aromatic N) is 1. The summed E-state index contributed by atoms with van der Waals surface area (Å²) in [4.78, 5) is 27.8. The fourth-order valence-electron chi connectivity index (χ4n) is 3.40. The Kier molecular flexibility index (Phi) is 6.61. The number of rotatable bonds is 6. The number of carbonyl (C=O) groups is 2. The van der Waals surface area contributed by atoms with Crippen LogP contribution in [0.1, 0.15) is 42.3 Å². The van der Waals surface area contributed by atoms with Crippen molar-refractivity contribution in [1.29, 1.82) is 0 Å². The van der Waals surface area contributed by atoms with Crippen LogP contribution in [0.25, 0.3) is 10.4 Å². The molecule has 2 amide bonds. The van der Waals surface area contributed by atoms with Gasteiger partial charge in [0.2, 0.25) is 5.91 Å². The van der Waals surface area contributed by atoms with E-state index in [0.29, 0.717) is 30.0 Å². The molecule has 144 valence electrons. The second-order valence-electron chi connectivity index (χ2n) is 6.96. The Morgan fingerprint density at radius 1 is 1.26 bits per heavy atom. The van der Waals surface area contributed by atoms with Gasteiger partial charge in [0, 0.05) is 36.5 Å². The molecule has 1 aliphatic rings. The zero-order chi connectivity index (χ0) is 19.2. The fraction of sp³-hybridized carbons (Fsp3) is 0.429. The Morgan fingerprint density at radius 2 is 2.07 bits per heavy atom. The van der Waals surface area contributed by atoms with Crippen LogP contribution >= 0.6 is 11.3 Å². The lowest BCUT2D eigenvalue weighted by Gasteiger charge is -2.32. The Balaban J connectivity index is 1.62. The first-order chi connectivity index (χ1) is 13.1. The van der Waals surface area contributed by atoms with Gasteiger partial charge in [0.1, 0.15) is 5.82 Å². The predicted octanol–water partition coefficient (Wildman–Crippen LogP) is 4.32. The number of benzene rings is 1. The van der Waals surface area contributed by atoms with Gasteiger partial charge in [-0.15, -0.1) is 11.3 Å². The highest BCUT2D eigenvalue weighted by Gasteiger charge is 2.26. The van der Waals surface area contributed by atoms with Crippen molar-refractivity contribution < 1.29 is 14.0 Å². The summed E-state index contributed by atoms with van der Waals surface area (Å²) in [6.45, 7) is 3.98. The highest BCUT2D eigenvalue weighted by molar-refractivity contribution is 7.17. The van der Waals surface area contributed by atoms with E-state index in [-0.39, 0.29) is 23.5 Å². The summed E-state index contributed by atoms with van der Waals surface area (Å²) < 4.78 is 14.0. The third kappa shape index (κ3) is 4.95. The van der Waals surface area contributed by atoms with Crippen LogP contribution in [0.4, 0.5) is 4.39 Å². The van der Waals surface area contributed by atoms with Crippen LogP contribution in [0.5, 0.6) is 0 Å². The van der Waals surface area contributed by atoms with Crippen LogP contribution in [0.15, 0.2) is 36.4 Å². The van der Waals surface area contributed by atoms with Crippen LogP contribution < -0.4 is 5.32 Å². The van der Waals surface area contributed by atoms with Crippen LogP contribution in [0.2, 0.25) is 0 Å². The molecule has 0 radical (unpaired) electrons. The summed E-state index contributed by atoms with van der Waals surface area (Å²) >= 11 is 1.33. The number of amides is 2. The molecular weight excluding hydrogens is 363 g/mol. The first kappa shape index (κ1) is 19.5. The number of likely N-dealkylation sites (tertiary alicyclic amines) is 1. The lowest BCUT2D eigenvalue weighted by Crippen LogP contribution is -2.43. The van der Waals surface area contributed by atoms with E-state index in [1.165, 1.54) is 17.4 Å². The van der Waals surface area contributed by atoms with Gasteiger partial charge in [-0.3, -0.25) is 9.59 Å². The van der Waals surface area contributed by atoms with Crippen molar-refractivity contribution >= 4 is 23.2 Å². The summed E-state index contributed by atoms with van der Waals surface area (Å²) in [5.41, 5.74) is 0.525. The molecule has 1 aliphatic heterocycles. The lowest BCUT2D eigenvalue weighted by atomic mass is 9.97. The second-order valence-corrected chi connectivity index (χ2v) is 8.04. The first-order valence-electron chi connectivity index (χ1n) is 9.49. The zero-order valence-corrected chi connectivity index (χ0v) is 16.4. The second kappa shape index (κ2) is 9.13. The van der Waals surface area contributed by atoms with E-state index in [4.69, 9.17) is 0 Å². The smallest absolute Gasteiger partial charge is 0.263 e. The maximum Gasteiger partial charge on any atom is 0.263 e. The molecule has 0 bridgehead atoms. The monoisotopic (exact) mass is 388 g/mol. The van der Waals surface area contributed by atoms with Crippen molar-refractivity contribution in [1.82, 2.24) is 10.2 Å². The van der Waals surface area contributed by atoms with Gasteiger partial charge in [0.15, 0.2) is 0 Å². The molecular formula is C21H25FN2O2S. The highest BCUT2D eigenvalue weighted by Crippen LogP contribution is 2.31. The van der Waals surface area contributed by atoms with E-state index < -0.39 is 0 Å². The maximum absolute atomic E-state index is 14.0. The van der Waals surface area contributed by atoms with Gasteiger partial charge < -0.3 is 10.2 Å². The van der Waals surface area contributed by atoms with E-state index >= 15 is 0 Å². The number of hydrogen-bond acceptors (Lipinski definition) is 3. The van der Waals surface area contributed by atoms with Gasteiger partial charge in [-0.05, 0) is 43.4 Å². The standard InChI is InChI=1S/C21H25FN2O2S/c1-2-6-20(25)23-13-15-7-5-12-24(14-15)21(26)19-11-10-18(27-19)16-8-3-4-9-17(16)22/h3-4,8-11,15H,2,5-7,12-14H2,1H3,(H,23,25)/t15-/m1/s1. The molecule has 3 rings (SSSR count). The Hall–Kier alpha value is -2.21. The topological polar surface area (TPSA) is 49.4 Å². The Bertz CT molecular complexity index is 805. The number of carbonyl (C=O) groups excluding carboxylic acids is 2. The van der Waals surface area contributed by atoms with Gasteiger partial charge in [0.05, 0.1) is 4.88 Å². The fourth-order valence-corrected chi connectivity index (χ4v) is 4.41. The maximum atomic E-state index is 14.0. The molecule has 2 heterocycles. The summed E-state index contributed by atoms with van der Waals surface area (Å²) in [6.07, 6.45) is 3.33. The van der Waals surface area contributed by atoms with Crippen LogP contribution in [0.3, 0.4) is 0 Å². The molecule has 1 saturated heterocycles. The highest BCUT2D eigenvalue weighted by atomic mass is 32.1. The summed E-state index contributed by atoms with van der Waals surface area (Å²) in [7, 11) is 0. The molecule has 0 saturated carbocycles. The van der Waals surface area contributed by atoms with E-state index in [1.807, 2.05) is 17.9 Å². The van der Waals surface area contributed by atoms with Crippen LogP contribution in [-0.2, 0) is 4.79 Å². The lowest BCUT2D eigenvalue weighted by molar-refractivity contribution is -0.121. The average molecular weight is 389 g/mol. The van der Waals surface area contributed by atoms with Gasteiger partial charge in [-0.1, -0.05) is 25.1 Å². The van der Waals surface area contributed by atoms with Crippen molar-refractivity contribution in [2.24, 2.45) is 5.92 Å². The van der Waals surface area contributed by atoms with Crippen LogP contribution in [0, 0.1) is 11.7 Å². The van der Waals surface area contributed by atoms with Gasteiger partial charge in [-0.25, -0.2) is 4.39 Å². The zero-order valence-electron chi connectivity index (χ0n) is 15.5. The summed E-state index contributed by atoms with van der Waals surface area (Å²) in [5, 5.41) is 2.97. The van der Waals surface area contributed by atoms with E-state index in [0.717, 1.165) is 30.7 Å². The van der Waals surface area contributed by atoms with Crippen LogP contribution in [-0.4, -0.2) is 36.3 Å². The van der Waals surface area contributed by atoms with Gasteiger partial charge in [-0.2, -0.15) is 0 Å². The van der Waals surface area contributed by atoms with Crippen molar-refractivity contribution in [3.8, 4) is 10.4 Å². The molecule has 1 aromatic carbocycles. The molecule has 1 atom stereocenters. The minimum absolute atomic E-state index is 0.00725. The number of halogens is 1. The molecule has 4 nitrogen and oxygen atoms in total. The van der Waals surface area contributed by atoms with Crippen molar-refractivity contribution in [3.05, 3.63) is 47.1 Å². The Labute approximate surface area is 163 Å². The molecule has 0 unspecified atom stereocenters. The molecule has 0 aliphatic carbocycles. The van der Waals surface area contributed by atoms with E-state index in [2.05, 4.69) is 5.32 Å². The molecule has 1 N–H and O–H groups in total. The number of thiophene rings is 1. The van der Waals surface area contributed by atoms with Gasteiger partial charge >= 0.3 is 0 Å². The minimum Gasteiger partial charge on any atom is -0.356 e. The normalized spacial score (nSPS) is 17.0. The van der Waals surface area contributed by atoms with Crippen molar-refractivity contribution in [2.45, 2.75) is 32.6 Å². The molecule has 2 aromatic rings. The quantitative estimate of drug-likeness (QED) is 0.801. The number of hydrogen-bond donors (Lipinski definition) is 1. The largest absolute Gasteiger partial charge is 0.356 e. The third-order valence-corrected chi connectivity index (χ3v) is 5.93. The molecule has 6 heteroatoms. The predicted molar refractivity (Wildman–Crippen MR) is 106 cm³/mol. The van der Waals surface area contributed by atoms with Gasteiger partial charge in [0.25, 0.3) is 5.91 Å². The van der Waals surface area contributed by atoms with E-state index in [1.54, 1.807) is 24.3 Å². The third-order valence-electron chi connectivity index (χ3n) is 4.83. The SMILES string of the molecule is CCCC(=O)NC[C@H]1CCCN(C(=O)c2ccc(-c3ccccc3F)s2)C1. The number of nitrogens with one attached hydrogen (secondary N) is 1. The summed E-state index contributed by atoms with van der Waals surface area (Å²) in [6, 6.07) is 10.2. The summed E-state index contributed by atoms with van der Waals surface area (Å²) in [5.74, 6) is 0.0784. The molecule has 0 spiro atoms. The van der Waals surface area contributed by atoms with Crippen molar-refractivity contribution in [2.75, 3.05) is 19.6 Å².